The molecule has 1 aliphatic heterocycles. The Balaban J connectivity index is 2.02. The van der Waals surface area contributed by atoms with E-state index in [1.807, 2.05) is 6.33 Å². The molecule has 0 atom stereocenters. The summed E-state index contributed by atoms with van der Waals surface area (Å²) in [6.45, 7) is 4.36. The second kappa shape index (κ2) is 5.17. The van der Waals surface area contributed by atoms with Crippen LogP contribution < -0.4 is 5.32 Å². The maximum absolute atomic E-state index is 4.64. The molecule has 100 valence electrons. The number of hydrogen-bond acceptors (Lipinski definition) is 2. The zero-order valence-electron chi connectivity index (χ0n) is 11.7. The predicted molar refractivity (Wildman–Crippen MR) is 78.2 cm³/mol. The maximum Gasteiger partial charge on any atom is 0.0953 e. The third kappa shape index (κ3) is 2.43. The van der Waals surface area contributed by atoms with Crippen molar-refractivity contribution in [1.82, 2.24) is 14.9 Å². The van der Waals surface area contributed by atoms with Gasteiger partial charge in [-0.1, -0.05) is 23.8 Å². The second-order valence-electron chi connectivity index (χ2n) is 5.48. The van der Waals surface area contributed by atoms with E-state index in [0.717, 1.165) is 18.8 Å². The summed E-state index contributed by atoms with van der Waals surface area (Å²) in [4.78, 5) is 4.64. The summed E-state index contributed by atoms with van der Waals surface area (Å²) < 4.78 is 2.20. The summed E-state index contributed by atoms with van der Waals surface area (Å²) in [5, 5.41) is 3.43. The number of hydrogen-bond donors (Lipinski definition) is 1. The average molecular weight is 255 g/mol. The fraction of sp³-hybridized carbons (Fsp3) is 0.438. The fourth-order valence-corrected chi connectivity index (χ4v) is 3.03. The molecule has 1 saturated heterocycles. The van der Waals surface area contributed by atoms with E-state index in [0.29, 0.717) is 5.92 Å². The molecule has 3 rings (SSSR count). The minimum absolute atomic E-state index is 0.629. The molecule has 1 aromatic heterocycles. The predicted octanol–water partition coefficient (Wildman–Crippen LogP) is 2.86. The number of nitrogens with one attached hydrogen (secondary N) is 1. The van der Waals surface area contributed by atoms with Crippen LogP contribution in [0.4, 0.5) is 0 Å². The van der Waals surface area contributed by atoms with Crippen molar-refractivity contribution in [3.63, 3.8) is 0 Å². The fourth-order valence-electron chi connectivity index (χ4n) is 3.03. The Bertz CT molecular complexity index is 565. The zero-order valence-corrected chi connectivity index (χ0v) is 11.7. The Morgan fingerprint density at radius 2 is 2.05 bits per heavy atom. The van der Waals surface area contributed by atoms with Crippen molar-refractivity contribution < 1.29 is 0 Å². The molecule has 1 aromatic carbocycles. The van der Waals surface area contributed by atoms with Gasteiger partial charge in [0.2, 0.25) is 0 Å². The minimum atomic E-state index is 0.629. The van der Waals surface area contributed by atoms with E-state index in [-0.39, 0.29) is 0 Å². The van der Waals surface area contributed by atoms with Crippen molar-refractivity contribution in [3.8, 4) is 11.3 Å². The summed E-state index contributed by atoms with van der Waals surface area (Å²) in [5.41, 5.74) is 5.10. The van der Waals surface area contributed by atoms with Gasteiger partial charge in [-0.3, -0.25) is 0 Å². The Morgan fingerprint density at radius 3 is 2.79 bits per heavy atom. The van der Waals surface area contributed by atoms with E-state index < -0.39 is 0 Å². The van der Waals surface area contributed by atoms with Crippen LogP contribution in [0.15, 0.2) is 30.6 Å². The van der Waals surface area contributed by atoms with E-state index in [2.05, 4.69) is 53.1 Å². The summed E-state index contributed by atoms with van der Waals surface area (Å²) in [6.07, 6.45) is 4.37. The Hall–Kier alpha value is -1.61. The van der Waals surface area contributed by atoms with Crippen LogP contribution in [-0.2, 0) is 7.05 Å². The lowest BCUT2D eigenvalue weighted by atomic mass is 9.91. The first-order chi connectivity index (χ1) is 9.25. The standard InChI is InChI=1S/C16H21N3/c1-12-4-3-5-14(10-12)15-16(19(2)11-18-15)13-6-8-17-9-7-13/h3-5,10-11,13,17H,6-9H2,1-2H3. The second-order valence-corrected chi connectivity index (χ2v) is 5.48. The number of aryl methyl sites for hydroxylation is 2. The van der Waals surface area contributed by atoms with Crippen molar-refractivity contribution in [2.75, 3.05) is 13.1 Å². The molecular formula is C16H21N3. The highest BCUT2D eigenvalue weighted by molar-refractivity contribution is 5.63. The first-order valence-corrected chi connectivity index (χ1v) is 7.04. The topological polar surface area (TPSA) is 29.9 Å². The Kier molecular flexibility index (Phi) is 3.38. The normalized spacial score (nSPS) is 16.7. The minimum Gasteiger partial charge on any atom is -0.337 e. The quantitative estimate of drug-likeness (QED) is 0.894. The largest absolute Gasteiger partial charge is 0.337 e. The maximum atomic E-state index is 4.64. The molecule has 3 nitrogen and oxygen atoms in total. The molecular weight excluding hydrogens is 234 g/mol. The molecule has 0 spiro atoms. The number of piperidine rings is 1. The lowest BCUT2D eigenvalue weighted by molar-refractivity contribution is 0.446. The van der Waals surface area contributed by atoms with Gasteiger partial charge in [-0.15, -0.1) is 0 Å². The number of nitrogens with zero attached hydrogens (tertiary/aromatic N) is 2. The first-order valence-electron chi connectivity index (χ1n) is 7.04. The van der Waals surface area contributed by atoms with Gasteiger partial charge in [0.25, 0.3) is 0 Å². The van der Waals surface area contributed by atoms with E-state index in [9.17, 15) is 0 Å². The van der Waals surface area contributed by atoms with Crippen LogP contribution in [-0.4, -0.2) is 22.6 Å². The monoisotopic (exact) mass is 255 g/mol. The van der Waals surface area contributed by atoms with Crippen molar-refractivity contribution in [1.29, 1.82) is 0 Å². The number of aromatic nitrogens is 2. The van der Waals surface area contributed by atoms with Gasteiger partial charge in [0.1, 0.15) is 0 Å². The summed E-state index contributed by atoms with van der Waals surface area (Å²) in [7, 11) is 2.11. The molecule has 0 saturated carbocycles. The Labute approximate surface area is 114 Å². The molecule has 19 heavy (non-hydrogen) atoms. The number of rotatable bonds is 2. The van der Waals surface area contributed by atoms with Crippen molar-refractivity contribution in [3.05, 3.63) is 41.9 Å². The highest BCUT2D eigenvalue weighted by Gasteiger charge is 2.22. The molecule has 3 heteroatoms. The zero-order chi connectivity index (χ0) is 13.2. The van der Waals surface area contributed by atoms with Gasteiger partial charge in [0, 0.05) is 24.2 Å². The van der Waals surface area contributed by atoms with Crippen LogP contribution in [0.25, 0.3) is 11.3 Å². The third-order valence-electron chi connectivity index (χ3n) is 4.00. The van der Waals surface area contributed by atoms with E-state index in [4.69, 9.17) is 0 Å². The average Bonchev–Trinajstić information content (AvgIpc) is 2.82. The van der Waals surface area contributed by atoms with Crippen LogP contribution in [0.1, 0.15) is 30.0 Å². The number of benzene rings is 1. The molecule has 1 N–H and O–H groups in total. The third-order valence-corrected chi connectivity index (χ3v) is 4.00. The first kappa shape index (κ1) is 12.4. The van der Waals surface area contributed by atoms with Crippen LogP contribution in [0.2, 0.25) is 0 Å². The van der Waals surface area contributed by atoms with Crippen LogP contribution in [0, 0.1) is 6.92 Å². The summed E-state index contributed by atoms with van der Waals surface area (Å²) in [6, 6.07) is 8.65. The molecule has 0 aliphatic carbocycles. The summed E-state index contributed by atoms with van der Waals surface area (Å²) >= 11 is 0. The molecule has 2 heterocycles. The van der Waals surface area contributed by atoms with Crippen molar-refractivity contribution in [2.45, 2.75) is 25.7 Å². The molecule has 0 unspecified atom stereocenters. The van der Waals surface area contributed by atoms with Crippen LogP contribution in [0.3, 0.4) is 0 Å². The van der Waals surface area contributed by atoms with E-state index in [1.54, 1.807) is 0 Å². The van der Waals surface area contributed by atoms with Crippen LogP contribution in [0.5, 0.6) is 0 Å². The van der Waals surface area contributed by atoms with E-state index >= 15 is 0 Å². The highest BCUT2D eigenvalue weighted by Crippen LogP contribution is 2.33. The van der Waals surface area contributed by atoms with Gasteiger partial charge in [0.15, 0.2) is 0 Å². The van der Waals surface area contributed by atoms with Gasteiger partial charge < -0.3 is 9.88 Å². The van der Waals surface area contributed by atoms with Gasteiger partial charge in [-0.25, -0.2) is 4.98 Å². The molecule has 0 radical (unpaired) electrons. The highest BCUT2D eigenvalue weighted by atomic mass is 15.0. The van der Waals surface area contributed by atoms with Gasteiger partial charge in [0.05, 0.1) is 12.0 Å². The van der Waals surface area contributed by atoms with Crippen molar-refractivity contribution >= 4 is 0 Å². The summed E-state index contributed by atoms with van der Waals surface area (Å²) in [5.74, 6) is 0.629. The lowest BCUT2D eigenvalue weighted by Gasteiger charge is -2.24. The van der Waals surface area contributed by atoms with E-state index in [1.165, 1.54) is 29.7 Å². The van der Waals surface area contributed by atoms with Gasteiger partial charge in [-0.05, 0) is 38.9 Å². The number of imidazole rings is 1. The lowest BCUT2D eigenvalue weighted by Crippen LogP contribution is -2.27. The van der Waals surface area contributed by atoms with Gasteiger partial charge in [-0.2, -0.15) is 0 Å². The van der Waals surface area contributed by atoms with Crippen LogP contribution >= 0.6 is 0 Å². The molecule has 1 fully saturated rings. The van der Waals surface area contributed by atoms with Gasteiger partial charge >= 0.3 is 0 Å². The smallest absolute Gasteiger partial charge is 0.0953 e. The van der Waals surface area contributed by atoms with Crippen molar-refractivity contribution in [2.24, 2.45) is 7.05 Å². The molecule has 2 aromatic rings. The molecule has 0 amide bonds. The SMILES string of the molecule is Cc1cccc(-c2ncn(C)c2C2CCNCC2)c1. The Morgan fingerprint density at radius 1 is 1.26 bits per heavy atom. The molecule has 0 bridgehead atoms. The molecule has 1 aliphatic rings.